The lowest BCUT2D eigenvalue weighted by Crippen LogP contribution is -2.51. The summed E-state index contributed by atoms with van der Waals surface area (Å²) in [4.78, 5) is 25.7. The smallest absolute Gasteiger partial charge is 0.237 e. The van der Waals surface area contributed by atoms with Gasteiger partial charge in [0, 0.05) is 19.0 Å². The second-order valence-electron chi connectivity index (χ2n) is 5.97. The van der Waals surface area contributed by atoms with Crippen LogP contribution in [0.15, 0.2) is 0 Å². The Hall–Kier alpha value is -1.10. The van der Waals surface area contributed by atoms with E-state index >= 15 is 0 Å². The van der Waals surface area contributed by atoms with Crippen molar-refractivity contribution in [2.24, 2.45) is 0 Å². The molecule has 1 heterocycles. The second-order valence-corrected chi connectivity index (χ2v) is 5.97. The maximum absolute atomic E-state index is 12.2. The number of nitrogens with zero attached hydrogens (tertiary/aromatic N) is 1. The van der Waals surface area contributed by atoms with Gasteiger partial charge in [-0.2, -0.15) is 0 Å². The summed E-state index contributed by atoms with van der Waals surface area (Å²) < 4.78 is 0. The summed E-state index contributed by atoms with van der Waals surface area (Å²) in [6.07, 6.45) is 3.43. The summed E-state index contributed by atoms with van der Waals surface area (Å²) in [6, 6.07) is -0.0817. The zero-order valence-electron chi connectivity index (χ0n) is 12.6. The highest BCUT2D eigenvalue weighted by molar-refractivity contribution is 5.82. The van der Waals surface area contributed by atoms with Gasteiger partial charge < -0.3 is 10.6 Å². The molecular weight excluding hydrogens is 242 g/mol. The Morgan fingerprint density at radius 2 is 1.84 bits per heavy atom. The Labute approximate surface area is 116 Å². The lowest BCUT2D eigenvalue weighted by atomic mass is 9.97. The van der Waals surface area contributed by atoms with Gasteiger partial charge in [-0.05, 0) is 53.1 Å². The Balaban J connectivity index is 2.42. The van der Waals surface area contributed by atoms with Crippen molar-refractivity contribution in [3.8, 4) is 0 Å². The molecule has 1 rings (SSSR count). The molecule has 1 aliphatic heterocycles. The molecule has 19 heavy (non-hydrogen) atoms. The van der Waals surface area contributed by atoms with E-state index in [-0.39, 0.29) is 23.4 Å². The summed E-state index contributed by atoms with van der Waals surface area (Å²) >= 11 is 0. The van der Waals surface area contributed by atoms with Crippen LogP contribution in [0, 0.1) is 0 Å². The van der Waals surface area contributed by atoms with Crippen LogP contribution in [-0.4, -0.2) is 48.4 Å². The molecular formula is C14H27N3O2. The summed E-state index contributed by atoms with van der Waals surface area (Å²) in [5, 5.41) is 5.65. The van der Waals surface area contributed by atoms with Gasteiger partial charge >= 0.3 is 0 Å². The summed E-state index contributed by atoms with van der Waals surface area (Å²) in [6.45, 7) is 7.89. The third-order valence-electron chi connectivity index (χ3n) is 3.79. The number of rotatable bonds is 6. The zero-order valence-corrected chi connectivity index (χ0v) is 12.6. The summed E-state index contributed by atoms with van der Waals surface area (Å²) in [5.74, 6) is 0.0683. The molecule has 0 saturated carbocycles. The second kappa shape index (κ2) is 6.89. The van der Waals surface area contributed by atoms with Crippen LogP contribution in [0.3, 0.4) is 0 Å². The molecule has 1 atom stereocenters. The van der Waals surface area contributed by atoms with E-state index in [1.54, 1.807) is 7.05 Å². The zero-order chi connectivity index (χ0) is 14.5. The topological polar surface area (TPSA) is 61.4 Å². The molecule has 0 bridgehead atoms. The number of hydrogen-bond donors (Lipinski definition) is 2. The Bertz CT molecular complexity index is 323. The lowest BCUT2D eigenvalue weighted by molar-refractivity contribution is -0.128. The van der Waals surface area contributed by atoms with Crippen LogP contribution in [0.4, 0.5) is 0 Å². The molecule has 1 fully saturated rings. The van der Waals surface area contributed by atoms with Gasteiger partial charge in [-0.3, -0.25) is 14.5 Å². The molecule has 2 N–H and O–H groups in total. The van der Waals surface area contributed by atoms with Crippen LogP contribution in [0.5, 0.6) is 0 Å². The first-order valence-corrected chi connectivity index (χ1v) is 7.12. The molecule has 1 unspecified atom stereocenters. The third kappa shape index (κ3) is 5.19. The van der Waals surface area contributed by atoms with Gasteiger partial charge in [0.15, 0.2) is 0 Å². The van der Waals surface area contributed by atoms with Crippen molar-refractivity contribution in [2.75, 3.05) is 20.1 Å². The van der Waals surface area contributed by atoms with E-state index < -0.39 is 0 Å². The normalized spacial score (nSPS) is 18.1. The number of amides is 2. The van der Waals surface area contributed by atoms with Crippen LogP contribution >= 0.6 is 0 Å². The predicted molar refractivity (Wildman–Crippen MR) is 75.8 cm³/mol. The van der Waals surface area contributed by atoms with E-state index in [4.69, 9.17) is 0 Å². The van der Waals surface area contributed by atoms with Crippen molar-refractivity contribution in [2.45, 2.75) is 58.0 Å². The quantitative estimate of drug-likeness (QED) is 0.753. The number of hydrogen-bond acceptors (Lipinski definition) is 3. The van der Waals surface area contributed by atoms with Gasteiger partial charge in [-0.1, -0.05) is 0 Å². The first-order chi connectivity index (χ1) is 8.85. The summed E-state index contributed by atoms with van der Waals surface area (Å²) in [5.41, 5.74) is -0.350. The average molecular weight is 269 g/mol. The van der Waals surface area contributed by atoms with E-state index in [9.17, 15) is 9.59 Å². The number of likely N-dealkylation sites (tertiary alicyclic amines) is 1. The first-order valence-electron chi connectivity index (χ1n) is 7.12. The molecule has 0 radical (unpaired) electrons. The molecule has 5 nitrogen and oxygen atoms in total. The van der Waals surface area contributed by atoms with Crippen molar-refractivity contribution in [1.29, 1.82) is 0 Å². The van der Waals surface area contributed by atoms with Gasteiger partial charge in [0.25, 0.3) is 0 Å². The number of carbonyl (C=O) groups is 2. The van der Waals surface area contributed by atoms with Crippen molar-refractivity contribution < 1.29 is 9.59 Å². The Morgan fingerprint density at radius 1 is 1.26 bits per heavy atom. The van der Waals surface area contributed by atoms with Crippen molar-refractivity contribution in [3.63, 3.8) is 0 Å². The van der Waals surface area contributed by atoms with Gasteiger partial charge in [-0.15, -0.1) is 0 Å². The van der Waals surface area contributed by atoms with E-state index in [1.807, 2.05) is 20.8 Å². The molecule has 5 heteroatoms. The van der Waals surface area contributed by atoms with E-state index in [2.05, 4.69) is 15.5 Å². The maximum atomic E-state index is 12.2. The molecule has 2 amide bonds. The van der Waals surface area contributed by atoms with Gasteiger partial charge in [0.05, 0.1) is 6.04 Å². The first kappa shape index (κ1) is 16.0. The molecule has 0 aromatic heterocycles. The van der Waals surface area contributed by atoms with Crippen molar-refractivity contribution in [1.82, 2.24) is 15.5 Å². The fourth-order valence-corrected chi connectivity index (χ4v) is 2.35. The number of nitrogens with one attached hydrogen (secondary N) is 2. The minimum absolute atomic E-state index is 0.00918. The predicted octanol–water partition coefficient (Wildman–Crippen LogP) is 0.892. The Kier molecular flexibility index (Phi) is 5.79. The third-order valence-corrected chi connectivity index (χ3v) is 3.79. The monoisotopic (exact) mass is 269 g/mol. The largest absolute Gasteiger partial charge is 0.359 e. The van der Waals surface area contributed by atoms with E-state index in [0.29, 0.717) is 12.8 Å². The number of carbonyl (C=O) groups excluding carboxylic acids is 2. The molecule has 1 aliphatic rings. The van der Waals surface area contributed by atoms with E-state index in [0.717, 1.165) is 13.1 Å². The van der Waals surface area contributed by atoms with Gasteiger partial charge in [0.2, 0.25) is 11.8 Å². The van der Waals surface area contributed by atoms with Crippen LogP contribution in [0.1, 0.15) is 46.5 Å². The molecule has 0 spiro atoms. The fourth-order valence-electron chi connectivity index (χ4n) is 2.35. The molecule has 0 aliphatic carbocycles. The standard InChI is InChI=1S/C14H27N3O2/c1-11(17-9-5-6-10-17)13(19)16-14(2,3)8-7-12(18)15-4/h11H,5-10H2,1-4H3,(H,15,18)(H,16,19). The fraction of sp³-hybridized carbons (Fsp3) is 0.857. The van der Waals surface area contributed by atoms with Crippen LogP contribution in [-0.2, 0) is 9.59 Å². The molecule has 1 saturated heterocycles. The minimum Gasteiger partial charge on any atom is -0.359 e. The molecule has 110 valence electrons. The highest BCUT2D eigenvalue weighted by Crippen LogP contribution is 2.15. The van der Waals surface area contributed by atoms with Gasteiger partial charge in [-0.25, -0.2) is 0 Å². The van der Waals surface area contributed by atoms with E-state index in [1.165, 1.54) is 12.8 Å². The lowest BCUT2D eigenvalue weighted by Gasteiger charge is -2.30. The Morgan fingerprint density at radius 3 is 2.37 bits per heavy atom. The molecule has 0 aromatic carbocycles. The maximum Gasteiger partial charge on any atom is 0.237 e. The average Bonchev–Trinajstić information content (AvgIpc) is 2.88. The van der Waals surface area contributed by atoms with Crippen LogP contribution in [0.25, 0.3) is 0 Å². The van der Waals surface area contributed by atoms with Crippen LogP contribution in [0.2, 0.25) is 0 Å². The molecule has 0 aromatic rings. The van der Waals surface area contributed by atoms with Gasteiger partial charge in [0.1, 0.15) is 0 Å². The van der Waals surface area contributed by atoms with Crippen molar-refractivity contribution in [3.05, 3.63) is 0 Å². The highest BCUT2D eigenvalue weighted by Gasteiger charge is 2.28. The van der Waals surface area contributed by atoms with Crippen LogP contribution < -0.4 is 10.6 Å². The minimum atomic E-state index is -0.350. The SMILES string of the molecule is CNC(=O)CCC(C)(C)NC(=O)C(C)N1CCCC1. The highest BCUT2D eigenvalue weighted by atomic mass is 16.2. The van der Waals surface area contributed by atoms with Crippen molar-refractivity contribution >= 4 is 11.8 Å². The summed E-state index contributed by atoms with van der Waals surface area (Å²) in [7, 11) is 1.63.